The third-order valence-corrected chi connectivity index (χ3v) is 6.69. The number of amides is 1. The normalized spacial score (nSPS) is 33.0. The van der Waals surface area contributed by atoms with Crippen LogP contribution in [0.4, 0.5) is 0 Å². The molecule has 3 fully saturated rings. The molecule has 0 spiro atoms. The lowest BCUT2D eigenvalue weighted by atomic mass is 9.99. The van der Waals surface area contributed by atoms with Crippen LogP contribution in [0.5, 0.6) is 0 Å². The first-order valence-corrected chi connectivity index (χ1v) is 10.1. The molecule has 2 N–H and O–H groups in total. The number of carbonyl (C=O) groups is 1. The number of carbonyl (C=O) groups excluding carboxylic acids is 1. The van der Waals surface area contributed by atoms with E-state index in [2.05, 4.69) is 28.5 Å². The summed E-state index contributed by atoms with van der Waals surface area (Å²) in [5.74, 6) is 0.757. The van der Waals surface area contributed by atoms with Gasteiger partial charge in [-0.3, -0.25) is 14.6 Å². The zero-order valence-corrected chi connectivity index (χ0v) is 18.1. The predicted octanol–water partition coefficient (Wildman–Crippen LogP) is 2.36. The SMILES string of the molecule is CC1CCC(C)N1CCN1CCN(C(=O)C[C@@H]2CCC[C@H]2N)CC1.Cl.Cl. The second-order valence-corrected chi connectivity index (χ2v) is 8.29. The van der Waals surface area contributed by atoms with Crippen molar-refractivity contribution >= 4 is 30.7 Å². The number of rotatable bonds is 5. The van der Waals surface area contributed by atoms with Gasteiger partial charge in [0.05, 0.1) is 0 Å². The summed E-state index contributed by atoms with van der Waals surface area (Å²) in [7, 11) is 0. The smallest absolute Gasteiger partial charge is 0.222 e. The minimum Gasteiger partial charge on any atom is -0.340 e. The van der Waals surface area contributed by atoms with Crippen molar-refractivity contribution in [2.75, 3.05) is 39.3 Å². The summed E-state index contributed by atoms with van der Waals surface area (Å²) in [4.78, 5) is 19.8. The Morgan fingerprint density at radius 2 is 1.54 bits per heavy atom. The molecule has 5 nitrogen and oxygen atoms in total. The van der Waals surface area contributed by atoms with E-state index in [0.29, 0.717) is 18.2 Å². The molecule has 2 saturated heterocycles. The van der Waals surface area contributed by atoms with Gasteiger partial charge in [-0.15, -0.1) is 24.8 Å². The first kappa shape index (κ1) is 24.0. The van der Waals surface area contributed by atoms with Crippen LogP contribution >= 0.6 is 24.8 Å². The molecular formula is C19H38Cl2N4O. The number of nitrogens with two attached hydrogens (primary N) is 1. The van der Waals surface area contributed by atoms with Crippen molar-refractivity contribution in [3.63, 3.8) is 0 Å². The van der Waals surface area contributed by atoms with E-state index < -0.39 is 0 Å². The lowest BCUT2D eigenvalue weighted by Gasteiger charge is -2.37. The highest BCUT2D eigenvalue weighted by Crippen LogP contribution is 2.27. The fourth-order valence-electron chi connectivity index (χ4n) is 4.84. The van der Waals surface area contributed by atoms with E-state index in [0.717, 1.165) is 57.6 Å². The molecule has 2 aliphatic heterocycles. The fraction of sp³-hybridized carbons (Fsp3) is 0.947. The molecule has 0 aromatic heterocycles. The molecule has 0 radical (unpaired) electrons. The maximum atomic E-state index is 12.5. The van der Waals surface area contributed by atoms with E-state index in [9.17, 15) is 4.79 Å². The number of hydrogen-bond donors (Lipinski definition) is 1. The van der Waals surface area contributed by atoms with Crippen LogP contribution in [0.25, 0.3) is 0 Å². The second-order valence-electron chi connectivity index (χ2n) is 8.29. The minimum atomic E-state index is 0. The molecule has 4 atom stereocenters. The molecule has 0 bridgehead atoms. The maximum absolute atomic E-state index is 12.5. The summed E-state index contributed by atoms with van der Waals surface area (Å²) in [6, 6.07) is 1.72. The van der Waals surface area contributed by atoms with Gasteiger partial charge >= 0.3 is 0 Å². The molecule has 154 valence electrons. The highest BCUT2D eigenvalue weighted by molar-refractivity contribution is 5.85. The quantitative estimate of drug-likeness (QED) is 0.758. The van der Waals surface area contributed by atoms with E-state index in [1.54, 1.807) is 0 Å². The number of hydrogen-bond acceptors (Lipinski definition) is 4. The summed E-state index contributed by atoms with van der Waals surface area (Å²) >= 11 is 0. The van der Waals surface area contributed by atoms with Gasteiger partial charge in [-0.25, -0.2) is 0 Å². The van der Waals surface area contributed by atoms with Crippen LogP contribution in [-0.4, -0.2) is 78.0 Å². The second kappa shape index (κ2) is 11.1. The van der Waals surface area contributed by atoms with Crippen LogP contribution in [0.15, 0.2) is 0 Å². The Kier molecular flexibility index (Phi) is 10.2. The average molecular weight is 409 g/mol. The van der Waals surface area contributed by atoms with Gasteiger partial charge in [0.25, 0.3) is 0 Å². The summed E-state index contributed by atoms with van der Waals surface area (Å²) < 4.78 is 0. The van der Waals surface area contributed by atoms with Gasteiger partial charge in [0.2, 0.25) is 5.91 Å². The van der Waals surface area contributed by atoms with Gasteiger partial charge in [0.1, 0.15) is 0 Å². The largest absolute Gasteiger partial charge is 0.340 e. The third kappa shape index (κ3) is 5.96. The Balaban J connectivity index is 0.00000169. The number of piperazine rings is 1. The van der Waals surface area contributed by atoms with Crippen molar-refractivity contribution in [1.82, 2.24) is 14.7 Å². The monoisotopic (exact) mass is 408 g/mol. The lowest BCUT2D eigenvalue weighted by molar-refractivity contribution is -0.134. The van der Waals surface area contributed by atoms with Crippen molar-refractivity contribution in [3.05, 3.63) is 0 Å². The molecule has 1 amide bonds. The van der Waals surface area contributed by atoms with E-state index in [1.165, 1.54) is 25.8 Å². The van der Waals surface area contributed by atoms with Crippen LogP contribution in [0.3, 0.4) is 0 Å². The van der Waals surface area contributed by atoms with Crippen molar-refractivity contribution < 1.29 is 4.79 Å². The molecule has 2 unspecified atom stereocenters. The van der Waals surface area contributed by atoms with E-state index in [-0.39, 0.29) is 30.9 Å². The highest BCUT2D eigenvalue weighted by Gasteiger charge is 2.30. The van der Waals surface area contributed by atoms with Crippen molar-refractivity contribution in [2.24, 2.45) is 11.7 Å². The molecule has 3 rings (SSSR count). The molecule has 0 aromatic carbocycles. The molecule has 7 heteroatoms. The number of likely N-dealkylation sites (tertiary alicyclic amines) is 1. The Hall–Kier alpha value is -0.0700. The van der Waals surface area contributed by atoms with Gasteiger partial charge in [0.15, 0.2) is 0 Å². The Bertz CT molecular complexity index is 422. The standard InChI is InChI=1S/C19H36N4O.2ClH/c1-15-6-7-16(2)23(15)13-10-21-8-11-22(12-9-21)19(24)14-17-4-3-5-18(17)20;;/h15-18H,3-14,20H2,1-2H3;2*1H/t15?,16?,17-,18+;;/m0../s1. The van der Waals surface area contributed by atoms with Crippen molar-refractivity contribution in [3.8, 4) is 0 Å². The zero-order chi connectivity index (χ0) is 17.1. The van der Waals surface area contributed by atoms with Crippen LogP contribution in [0.2, 0.25) is 0 Å². The zero-order valence-electron chi connectivity index (χ0n) is 16.4. The average Bonchev–Trinajstić information content (AvgIpc) is 3.12. The molecule has 26 heavy (non-hydrogen) atoms. The predicted molar refractivity (Wildman–Crippen MR) is 112 cm³/mol. The minimum absolute atomic E-state index is 0. The topological polar surface area (TPSA) is 52.8 Å². The summed E-state index contributed by atoms with van der Waals surface area (Å²) in [5, 5.41) is 0. The first-order valence-electron chi connectivity index (χ1n) is 10.1. The maximum Gasteiger partial charge on any atom is 0.222 e. The molecule has 0 aromatic rings. The van der Waals surface area contributed by atoms with Crippen LogP contribution < -0.4 is 5.73 Å². The molecule has 1 saturated carbocycles. The summed E-state index contributed by atoms with van der Waals surface area (Å²) in [6.07, 6.45) is 6.78. The number of halogens is 2. The van der Waals surface area contributed by atoms with Gasteiger partial charge in [-0.05, 0) is 45.4 Å². The van der Waals surface area contributed by atoms with Crippen LogP contribution in [0.1, 0.15) is 52.4 Å². The van der Waals surface area contributed by atoms with Crippen molar-refractivity contribution in [1.29, 1.82) is 0 Å². The van der Waals surface area contributed by atoms with Crippen LogP contribution in [0, 0.1) is 5.92 Å². The van der Waals surface area contributed by atoms with Gasteiger partial charge < -0.3 is 10.6 Å². The third-order valence-electron chi connectivity index (χ3n) is 6.69. The van der Waals surface area contributed by atoms with Crippen molar-refractivity contribution in [2.45, 2.75) is 70.5 Å². The lowest BCUT2D eigenvalue weighted by Crippen LogP contribution is -2.51. The fourth-order valence-corrected chi connectivity index (χ4v) is 4.84. The molecule has 1 aliphatic carbocycles. The summed E-state index contributed by atoms with van der Waals surface area (Å²) in [6.45, 7) is 10.9. The van der Waals surface area contributed by atoms with E-state index in [1.807, 2.05) is 0 Å². The number of nitrogens with zero attached hydrogens (tertiary/aromatic N) is 3. The Morgan fingerprint density at radius 1 is 0.923 bits per heavy atom. The summed E-state index contributed by atoms with van der Waals surface area (Å²) in [5.41, 5.74) is 6.12. The van der Waals surface area contributed by atoms with Crippen LogP contribution in [-0.2, 0) is 4.79 Å². The Labute approximate surface area is 171 Å². The highest BCUT2D eigenvalue weighted by atomic mass is 35.5. The first-order chi connectivity index (χ1) is 11.5. The van der Waals surface area contributed by atoms with Gasteiger partial charge in [-0.1, -0.05) is 6.42 Å². The Morgan fingerprint density at radius 3 is 2.08 bits per heavy atom. The molecule has 3 aliphatic rings. The van der Waals surface area contributed by atoms with Gasteiger partial charge in [0, 0.05) is 63.8 Å². The van der Waals surface area contributed by atoms with Gasteiger partial charge in [-0.2, -0.15) is 0 Å². The van der Waals surface area contributed by atoms with E-state index >= 15 is 0 Å². The molecular weight excluding hydrogens is 371 g/mol. The van der Waals surface area contributed by atoms with E-state index in [4.69, 9.17) is 5.73 Å². The molecule has 2 heterocycles.